The summed E-state index contributed by atoms with van der Waals surface area (Å²) in [6, 6.07) is 1.89. The summed E-state index contributed by atoms with van der Waals surface area (Å²) in [7, 11) is 0. The molecule has 1 aromatic rings. The van der Waals surface area contributed by atoms with Gasteiger partial charge in [-0.1, -0.05) is 0 Å². The summed E-state index contributed by atoms with van der Waals surface area (Å²) in [6.07, 6.45) is 2.73. The van der Waals surface area contributed by atoms with Gasteiger partial charge in [0.15, 0.2) is 0 Å². The summed E-state index contributed by atoms with van der Waals surface area (Å²) in [5.74, 6) is -0.912. The summed E-state index contributed by atoms with van der Waals surface area (Å²) in [5, 5.41) is 13.3. The van der Waals surface area contributed by atoms with E-state index in [0.29, 0.717) is 19.6 Å². The molecule has 18 heavy (non-hydrogen) atoms. The van der Waals surface area contributed by atoms with Crippen LogP contribution >= 0.6 is 11.3 Å². The van der Waals surface area contributed by atoms with Gasteiger partial charge in [-0.25, -0.2) is 4.79 Å². The van der Waals surface area contributed by atoms with Crippen LogP contribution in [0.1, 0.15) is 10.4 Å². The van der Waals surface area contributed by atoms with E-state index in [1.807, 2.05) is 11.4 Å². The molecule has 5 nitrogen and oxygen atoms in total. The Morgan fingerprint density at radius 1 is 1.61 bits per heavy atom. The lowest BCUT2D eigenvalue weighted by Gasteiger charge is -2.26. The molecule has 0 unspecified atom stereocenters. The van der Waals surface area contributed by atoms with Gasteiger partial charge >= 0.3 is 5.97 Å². The van der Waals surface area contributed by atoms with E-state index >= 15 is 0 Å². The number of aliphatic carboxylic acids is 1. The molecule has 2 N–H and O–H groups in total. The number of carboxylic acid groups (broad SMARTS) is 1. The number of nitrogens with zero attached hydrogens (tertiary/aromatic N) is 1. The molecule has 1 amide bonds. The van der Waals surface area contributed by atoms with Gasteiger partial charge in [0.05, 0.1) is 6.54 Å². The highest BCUT2D eigenvalue weighted by Crippen LogP contribution is 2.20. The van der Waals surface area contributed by atoms with Crippen molar-refractivity contribution in [3.05, 3.63) is 28.0 Å². The van der Waals surface area contributed by atoms with Crippen molar-refractivity contribution >= 4 is 29.3 Å². The zero-order chi connectivity index (χ0) is 13.0. The fourth-order valence-corrected chi connectivity index (χ4v) is 2.73. The maximum absolute atomic E-state index is 11.3. The molecule has 0 spiro atoms. The molecule has 0 atom stereocenters. The van der Waals surface area contributed by atoms with Crippen molar-refractivity contribution in [1.29, 1.82) is 0 Å². The molecule has 96 valence electrons. The molecular formula is C12H14N2O3S. The van der Waals surface area contributed by atoms with Crippen molar-refractivity contribution in [2.75, 3.05) is 19.6 Å². The highest BCUT2D eigenvalue weighted by atomic mass is 32.1. The second-order valence-corrected chi connectivity index (χ2v) is 5.03. The van der Waals surface area contributed by atoms with E-state index in [4.69, 9.17) is 5.11 Å². The quantitative estimate of drug-likeness (QED) is 0.790. The predicted octanol–water partition coefficient (Wildman–Crippen LogP) is 0.778. The van der Waals surface area contributed by atoms with Gasteiger partial charge in [0, 0.05) is 30.6 Å². The Balaban J connectivity index is 2.03. The maximum Gasteiger partial charge on any atom is 0.328 e. The zero-order valence-corrected chi connectivity index (χ0v) is 10.6. The van der Waals surface area contributed by atoms with Gasteiger partial charge < -0.3 is 10.4 Å². The molecule has 6 heteroatoms. The van der Waals surface area contributed by atoms with Crippen LogP contribution in [0.2, 0.25) is 0 Å². The van der Waals surface area contributed by atoms with E-state index in [2.05, 4.69) is 10.2 Å². The first-order valence-corrected chi connectivity index (χ1v) is 6.49. The second-order valence-electron chi connectivity index (χ2n) is 4.03. The number of carbonyl (C=O) groups is 2. The van der Waals surface area contributed by atoms with Crippen LogP contribution in [0.5, 0.6) is 0 Å². The van der Waals surface area contributed by atoms with Crippen LogP contribution in [0.25, 0.3) is 6.08 Å². The van der Waals surface area contributed by atoms with Crippen LogP contribution in [0.4, 0.5) is 0 Å². The molecule has 0 radical (unpaired) electrons. The minimum atomic E-state index is -0.954. The Labute approximate surface area is 109 Å². The Kier molecular flexibility index (Phi) is 4.11. The number of piperazine rings is 1. The molecule has 1 aromatic heterocycles. The predicted molar refractivity (Wildman–Crippen MR) is 69.3 cm³/mol. The molecule has 1 saturated heterocycles. The molecular weight excluding hydrogens is 252 g/mol. The summed E-state index contributed by atoms with van der Waals surface area (Å²) in [6.45, 7) is 2.58. The third-order valence-electron chi connectivity index (χ3n) is 2.67. The van der Waals surface area contributed by atoms with Gasteiger partial charge in [-0.2, -0.15) is 0 Å². The van der Waals surface area contributed by atoms with E-state index in [1.54, 1.807) is 17.4 Å². The number of carbonyl (C=O) groups excluding carboxylic acids is 1. The van der Waals surface area contributed by atoms with Crippen LogP contribution in [0.3, 0.4) is 0 Å². The normalized spacial score (nSPS) is 17.0. The average Bonchev–Trinajstić information content (AvgIpc) is 2.74. The summed E-state index contributed by atoms with van der Waals surface area (Å²) >= 11 is 1.58. The van der Waals surface area contributed by atoms with Crippen LogP contribution in [-0.4, -0.2) is 41.5 Å². The maximum atomic E-state index is 11.3. The Hall–Kier alpha value is -1.66. The standard InChI is InChI=1S/C12H14N2O3S/c15-11-8-14(5-4-13-11)7-10-9(3-6-18-10)1-2-12(16)17/h1-3,6H,4-5,7-8H2,(H,13,15)(H,16,17). The number of hydrogen-bond donors (Lipinski definition) is 2. The van der Waals surface area contributed by atoms with Crippen molar-refractivity contribution in [3.8, 4) is 0 Å². The molecule has 2 heterocycles. The smallest absolute Gasteiger partial charge is 0.328 e. The molecule has 2 rings (SSSR count). The molecule has 0 saturated carbocycles. The van der Waals surface area contributed by atoms with E-state index in [1.165, 1.54) is 0 Å². The number of hydrogen-bond acceptors (Lipinski definition) is 4. The number of thiophene rings is 1. The Morgan fingerprint density at radius 3 is 3.17 bits per heavy atom. The first-order chi connectivity index (χ1) is 8.65. The van der Waals surface area contributed by atoms with Crippen LogP contribution in [0.15, 0.2) is 17.5 Å². The van der Waals surface area contributed by atoms with Crippen LogP contribution in [-0.2, 0) is 16.1 Å². The number of amides is 1. The van der Waals surface area contributed by atoms with Crippen LogP contribution in [0, 0.1) is 0 Å². The van der Waals surface area contributed by atoms with E-state index in [9.17, 15) is 9.59 Å². The molecule has 1 aliphatic rings. The fourth-order valence-electron chi connectivity index (χ4n) is 1.82. The lowest BCUT2D eigenvalue weighted by atomic mass is 10.2. The molecule has 1 aliphatic heterocycles. The number of rotatable bonds is 4. The van der Waals surface area contributed by atoms with Gasteiger partial charge in [-0.3, -0.25) is 9.69 Å². The second kappa shape index (κ2) is 5.79. The van der Waals surface area contributed by atoms with Crippen molar-refractivity contribution < 1.29 is 14.7 Å². The Bertz CT molecular complexity index is 481. The van der Waals surface area contributed by atoms with Gasteiger partial charge in [-0.15, -0.1) is 11.3 Å². The SMILES string of the molecule is O=C(O)C=Cc1ccsc1CN1CCNC(=O)C1. The first kappa shape index (κ1) is 12.8. The summed E-state index contributed by atoms with van der Waals surface area (Å²) < 4.78 is 0. The monoisotopic (exact) mass is 266 g/mol. The topological polar surface area (TPSA) is 69.6 Å². The minimum Gasteiger partial charge on any atom is -0.478 e. The zero-order valence-electron chi connectivity index (χ0n) is 9.76. The first-order valence-electron chi connectivity index (χ1n) is 5.61. The van der Waals surface area contributed by atoms with Gasteiger partial charge in [-0.05, 0) is 23.1 Å². The molecule has 1 fully saturated rings. The lowest BCUT2D eigenvalue weighted by Crippen LogP contribution is -2.47. The highest BCUT2D eigenvalue weighted by Gasteiger charge is 2.17. The van der Waals surface area contributed by atoms with Gasteiger partial charge in [0.1, 0.15) is 0 Å². The van der Waals surface area contributed by atoms with Crippen molar-refractivity contribution in [2.24, 2.45) is 0 Å². The van der Waals surface area contributed by atoms with Gasteiger partial charge in [0.25, 0.3) is 0 Å². The van der Waals surface area contributed by atoms with Crippen molar-refractivity contribution in [3.63, 3.8) is 0 Å². The van der Waals surface area contributed by atoms with Crippen molar-refractivity contribution in [1.82, 2.24) is 10.2 Å². The largest absolute Gasteiger partial charge is 0.478 e. The minimum absolute atomic E-state index is 0.0421. The number of carboxylic acids is 1. The third-order valence-corrected chi connectivity index (χ3v) is 3.59. The van der Waals surface area contributed by atoms with Crippen LogP contribution < -0.4 is 5.32 Å². The molecule has 0 aromatic carbocycles. The van der Waals surface area contributed by atoms with E-state index < -0.39 is 5.97 Å². The number of nitrogens with one attached hydrogen (secondary N) is 1. The molecule has 0 aliphatic carbocycles. The average molecular weight is 266 g/mol. The van der Waals surface area contributed by atoms with Gasteiger partial charge in [0.2, 0.25) is 5.91 Å². The lowest BCUT2D eigenvalue weighted by molar-refractivity contribution is -0.131. The van der Waals surface area contributed by atoms with E-state index in [-0.39, 0.29) is 5.91 Å². The fraction of sp³-hybridized carbons (Fsp3) is 0.333. The van der Waals surface area contributed by atoms with Crippen molar-refractivity contribution in [2.45, 2.75) is 6.54 Å². The highest BCUT2D eigenvalue weighted by molar-refractivity contribution is 7.10. The third kappa shape index (κ3) is 3.41. The van der Waals surface area contributed by atoms with E-state index in [0.717, 1.165) is 23.1 Å². The summed E-state index contributed by atoms with van der Waals surface area (Å²) in [4.78, 5) is 24.9. The Morgan fingerprint density at radius 2 is 2.44 bits per heavy atom. The summed E-state index contributed by atoms with van der Waals surface area (Å²) in [5.41, 5.74) is 0.911. The molecule has 0 bridgehead atoms.